The third-order valence-corrected chi connectivity index (χ3v) is 9.84. The highest BCUT2D eigenvalue weighted by Gasteiger charge is 2.25. The molecule has 42 heavy (non-hydrogen) atoms. The highest BCUT2D eigenvalue weighted by Crippen LogP contribution is 2.41. The monoisotopic (exact) mass is 592 g/mol. The summed E-state index contributed by atoms with van der Waals surface area (Å²) in [5.41, 5.74) is 4.24. The summed E-state index contributed by atoms with van der Waals surface area (Å²) in [6, 6.07) is 33.5. The lowest BCUT2D eigenvalue weighted by Crippen LogP contribution is -2.49. The van der Waals surface area contributed by atoms with Crippen LogP contribution >= 0.6 is 23.5 Å². The summed E-state index contributed by atoms with van der Waals surface area (Å²) in [5, 5.41) is 0. The molecule has 6 nitrogen and oxygen atoms in total. The molecule has 0 aliphatic carbocycles. The summed E-state index contributed by atoms with van der Waals surface area (Å²) in [6.45, 7) is 6.44. The van der Waals surface area contributed by atoms with Crippen molar-refractivity contribution < 1.29 is 9.47 Å². The first-order chi connectivity index (χ1) is 20.8. The van der Waals surface area contributed by atoms with Crippen molar-refractivity contribution in [1.82, 2.24) is 9.80 Å². The van der Waals surface area contributed by atoms with Crippen molar-refractivity contribution in [3.8, 4) is 0 Å². The molecule has 3 aliphatic heterocycles. The first-order valence-corrected chi connectivity index (χ1v) is 16.0. The molecule has 0 bridgehead atoms. The Labute approximate surface area is 255 Å². The molecule has 8 heteroatoms. The van der Waals surface area contributed by atoms with E-state index >= 15 is 0 Å². The number of para-hydroxylation sites is 2. The molecule has 1 saturated heterocycles. The van der Waals surface area contributed by atoms with Crippen molar-refractivity contribution in [1.29, 1.82) is 0 Å². The lowest BCUT2D eigenvalue weighted by atomic mass is 10.1. The average Bonchev–Trinajstić information content (AvgIpc) is 3.31. The summed E-state index contributed by atoms with van der Waals surface area (Å²) in [6.07, 6.45) is 0. The highest BCUT2D eigenvalue weighted by atomic mass is 32.2. The number of fused-ring (bicyclic) bond motifs is 4. The van der Waals surface area contributed by atoms with Crippen LogP contribution in [-0.2, 0) is 9.47 Å². The number of aliphatic imine (C=N–C) groups is 2. The molecule has 3 heterocycles. The smallest absolute Gasteiger partial charge is 0.222 e. The van der Waals surface area contributed by atoms with Crippen molar-refractivity contribution in [2.24, 2.45) is 9.98 Å². The van der Waals surface area contributed by atoms with Gasteiger partial charge in [0.2, 0.25) is 5.90 Å². The summed E-state index contributed by atoms with van der Waals surface area (Å²) in [7, 11) is 0. The summed E-state index contributed by atoms with van der Waals surface area (Å²) >= 11 is 3.54. The van der Waals surface area contributed by atoms with E-state index in [4.69, 9.17) is 19.5 Å². The SMILES string of the molecule is c1ccc2c(c1)N=C(OCCOCCN1CCN(C3=Nc4ccccc4Sc4ccccc43)CC1)c1ccccc1S2. The number of hydrogen-bond acceptors (Lipinski definition) is 8. The van der Waals surface area contributed by atoms with E-state index in [2.05, 4.69) is 82.6 Å². The molecule has 0 N–H and O–H groups in total. The maximum atomic E-state index is 6.16. The van der Waals surface area contributed by atoms with Gasteiger partial charge >= 0.3 is 0 Å². The van der Waals surface area contributed by atoms with E-state index in [0.717, 1.165) is 65.3 Å². The fourth-order valence-electron chi connectivity index (χ4n) is 5.35. The Bertz CT molecular complexity index is 1630. The molecule has 0 aromatic heterocycles. The second kappa shape index (κ2) is 12.8. The van der Waals surface area contributed by atoms with E-state index in [-0.39, 0.29) is 0 Å². The van der Waals surface area contributed by atoms with Gasteiger partial charge in [-0.25, -0.2) is 9.98 Å². The Morgan fingerprint density at radius 3 is 1.86 bits per heavy atom. The Balaban J connectivity index is 0.905. The minimum atomic E-state index is 0.465. The van der Waals surface area contributed by atoms with Gasteiger partial charge in [0.15, 0.2) is 0 Å². The van der Waals surface area contributed by atoms with E-state index in [1.54, 1.807) is 23.5 Å². The van der Waals surface area contributed by atoms with Gasteiger partial charge in [0.05, 0.1) is 30.2 Å². The van der Waals surface area contributed by atoms with Crippen LogP contribution in [0.15, 0.2) is 127 Å². The third-order valence-electron chi connectivity index (χ3n) is 7.55. The molecule has 4 aromatic rings. The molecule has 0 spiro atoms. The molecule has 0 radical (unpaired) electrons. The zero-order chi connectivity index (χ0) is 28.1. The molecule has 212 valence electrons. The van der Waals surface area contributed by atoms with Gasteiger partial charge in [-0.3, -0.25) is 4.90 Å². The maximum Gasteiger partial charge on any atom is 0.222 e. The van der Waals surface area contributed by atoms with Crippen molar-refractivity contribution in [3.05, 3.63) is 108 Å². The van der Waals surface area contributed by atoms with Gasteiger partial charge in [-0.2, -0.15) is 0 Å². The van der Waals surface area contributed by atoms with Crippen LogP contribution in [0.5, 0.6) is 0 Å². The Kier molecular flexibility index (Phi) is 8.28. The van der Waals surface area contributed by atoms with Crippen molar-refractivity contribution in [2.45, 2.75) is 19.6 Å². The van der Waals surface area contributed by atoms with Gasteiger partial charge in [-0.1, -0.05) is 78.1 Å². The molecular weight excluding hydrogens is 561 g/mol. The number of benzene rings is 4. The zero-order valence-corrected chi connectivity index (χ0v) is 24.9. The van der Waals surface area contributed by atoms with E-state index in [1.165, 1.54) is 15.4 Å². The lowest BCUT2D eigenvalue weighted by molar-refractivity contribution is 0.0681. The van der Waals surface area contributed by atoms with Crippen LogP contribution in [-0.4, -0.2) is 74.1 Å². The van der Waals surface area contributed by atoms with Crippen LogP contribution in [0.25, 0.3) is 0 Å². The number of ether oxygens (including phenoxy) is 2. The van der Waals surface area contributed by atoms with Gasteiger partial charge < -0.3 is 14.4 Å². The van der Waals surface area contributed by atoms with Crippen LogP contribution in [0.1, 0.15) is 11.1 Å². The van der Waals surface area contributed by atoms with Gasteiger partial charge in [-0.05, 0) is 42.5 Å². The Hall–Kier alpha value is -3.56. The standard InChI is InChI=1S/C34H32N4O2S2/c1-5-13-29-25(9-1)33(35-27-11-3-7-15-31(27)41-29)38-19-17-37(18-20-38)21-22-39-23-24-40-34-26-10-2-6-14-30(26)42-32-16-8-4-12-28(32)36-34/h1-16H,17-24H2. The maximum absolute atomic E-state index is 6.16. The first-order valence-electron chi connectivity index (χ1n) is 14.4. The molecular formula is C34H32N4O2S2. The fraction of sp³-hybridized carbons (Fsp3) is 0.235. The summed E-state index contributed by atoms with van der Waals surface area (Å²) in [4.78, 5) is 19.7. The molecule has 3 aliphatic rings. The molecule has 1 fully saturated rings. The molecule has 4 aromatic carbocycles. The second-order valence-electron chi connectivity index (χ2n) is 10.3. The van der Waals surface area contributed by atoms with Gasteiger partial charge in [0, 0.05) is 57.9 Å². The van der Waals surface area contributed by atoms with Crippen LogP contribution < -0.4 is 0 Å². The van der Waals surface area contributed by atoms with Crippen LogP contribution in [0.3, 0.4) is 0 Å². The zero-order valence-electron chi connectivity index (χ0n) is 23.3. The van der Waals surface area contributed by atoms with E-state index in [0.29, 0.717) is 25.7 Å². The molecule has 0 saturated carbocycles. The van der Waals surface area contributed by atoms with E-state index in [1.807, 2.05) is 24.3 Å². The number of rotatable bonds is 6. The molecule has 0 atom stereocenters. The average molecular weight is 593 g/mol. The minimum absolute atomic E-state index is 0.465. The molecule has 0 unspecified atom stereocenters. The van der Waals surface area contributed by atoms with Crippen molar-refractivity contribution in [3.63, 3.8) is 0 Å². The predicted octanol–water partition coefficient (Wildman–Crippen LogP) is 7.12. The van der Waals surface area contributed by atoms with Crippen molar-refractivity contribution >= 4 is 46.6 Å². The van der Waals surface area contributed by atoms with Crippen LogP contribution in [0.2, 0.25) is 0 Å². The third kappa shape index (κ3) is 5.99. The molecule has 0 amide bonds. The minimum Gasteiger partial charge on any atom is -0.475 e. The van der Waals surface area contributed by atoms with E-state index in [9.17, 15) is 0 Å². The van der Waals surface area contributed by atoms with Gasteiger partial charge in [0.25, 0.3) is 0 Å². The normalized spacial score (nSPS) is 16.1. The van der Waals surface area contributed by atoms with E-state index < -0.39 is 0 Å². The number of nitrogens with zero attached hydrogens (tertiary/aromatic N) is 4. The highest BCUT2D eigenvalue weighted by molar-refractivity contribution is 7.99. The Morgan fingerprint density at radius 1 is 0.571 bits per heavy atom. The van der Waals surface area contributed by atoms with Gasteiger partial charge in [-0.15, -0.1) is 0 Å². The number of piperazine rings is 1. The molecule has 7 rings (SSSR count). The summed E-state index contributed by atoms with van der Waals surface area (Å²) < 4.78 is 12.2. The first kappa shape index (κ1) is 27.3. The fourth-order valence-corrected chi connectivity index (χ4v) is 7.38. The van der Waals surface area contributed by atoms with Crippen LogP contribution in [0, 0.1) is 0 Å². The van der Waals surface area contributed by atoms with Gasteiger partial charge in [0.1, 0.15) is 12.4 Å². The number of hydrogen-bond donors (Lipinski definition) is 0. The lowest BCUT2D eigenvalue weighted by Gasteiger charge is -2.36. The topological polar surface area (TPSA) is 49.7 Å². The van der Waals surface area contributed by atoms with Crippen LogP contribution in [0.4, 0.5) is 11.4 Å². The Morgan fingerprint density at radius 2 is 1.14 bits per heavy atom. The largest absolute Gasteiger partial charge is 0.475 e. The quantitative estimate of drug-likeness (QED) is 0.222. The van der Waals surface area contributed by atoms with Crippen molar-refractivity contribution in [2.75, 3.05) is 52.5 Å². The second-order valence-corrected chi connectivity index (χ2v) is 12.4. The number of amidine groups is 1. The summed E-state index contributed by atoms with van der Waals surface area (Å²) in [5.74, 6) is 1.74. The predicted molar refractivity (Wildman–Crippen MR) is 171 cm³/mol.